The van der Waals surface area contributed by atoms with Crippen molar-refractivity contribution in [2.24, 2.45) is 5.92 Å². The molecule has 2 N–H and O–H groups in total. The van der Waals surface area contributed by atoms with E-state index in [9.17, 15) is 26.7 Å². The third-order valence-corrected chi connectivity index (χ3v) is 7.52. The van der Waals surface area contributed by atoms with Gasteiger partial charge in [0, 0.05) is 17.3 Å². The number of hydrogen-bond acceptors (Lipinski definition) is 4. The molecule has 2 heterocycles. The molecule has 3 aromatic rings. The third-order valence-electron chi connectivity index (χ3n) is 5.65. The van der Waals surface area contributed by atoms with Gasteiger partial charge in [-0.05, 0) is 30.5 Å². The number of pyridine rings is 1. The molecule has 0 bridgehead atoms. The molecule has 0 amide bonds. The number of H-pyrrole nitrogens is 1. The first-order valence-corrected chi connectivity index (χ1v) is 11.2. The quantitative estimate of drug-likeness (QED) is 0.585. The van der Waals surface area contributed by atoms with Gasteiger partial charge in [-0.25, -0.2) is 13.4 Å². The van der Waals surface area contributed by atoms with Crippen LogP contribution in [0.3, 0.4) is 0 Å². The SMILES string of the molecule is O=S(=O)(c1ccccc1)c1c(C(F)(F)F)cnc2[nH]c(C(O)CC3CCCC3)cc12. The molecule has 1 aromatic carbocycles. The first-order chi connectivity index (χ1) is 14.2. The van der Waals surface area contributed by atoms with E-state index in [4.69, 9.17) is 0 Å². The van der Waals surface area contributed by atoms with E-state index in [2.05, 4.69) is 9.97 Å². The number of nitrogens with one attached hydrogen (secondary N) is 1. The lowest BCUT2D eigenvalue weighted by atomic mass is 9.98. The van der Waals surface area contributed by atoms with Gasteiger partial charge in [-0.1, -0.05) is 43.9 Å². The van der Waals surface area contributed by atoms with Crippen LogP contribution in [0.5, 0.6) is 0 Å². The molecule has 9 heteroatoms. The number of halogens is 3. The predicted molar refractivity (Wildman–Crippen MR) is 105 cm³/mol. The minimum Gasteiger partial charge on any atom is -0.387 e. The highest BCUT2D eigenvalue weighted by molar-refractivity contribution is 7.91. The summed E-state index contributed by atoms with van der Waals surface area (Å²) in [7, 11) is -4.48. The molecule has 0 saturated heterocycles. The maximum atomic E-state index is 13.7. The van der Waals surface area contributed by atoms with Crippen LogP contribution >= 0.6 is 0 Å². The summed E-state index contributed by atoms with van der Waals surface area (Å²) in [5, 5.41) is 10.4. The van der Waals surface area contributed by atoms with Gasteiger partial charge in [-0.2, -0.15) is 13.2 Å². The van der Waals surface area contributed by atoms with Crippen LogP contribution in [0, 0.1) is 5.92 Å². The number of aromatic nitrogens is 2. The minimum atomic E-state index is -4.90. The van der Waals surface area contributed by atoms with Crippen LogP contribution in [0.2, 0.25) is 0 Å². The Morgan fingerprint density at radius 2 is 1.83 bits per heavy atom. The molecular formula is C21H21F3N2O3S. The lowest BCUT2D eigenvalue weighted by molar-refractivity contribution is -0.139. The van der Waals surface area contributed by atoms with E-state index in [-0.39, 0.29) is 21.6 Å². The van der Waals surface area contributed by atoms with Crippen molar-refractivity contribution in [3.8, 4) is 0 Å². The van der Waals surface area contributed by atoms with Crippen molar-refractivity contribution in [1.29, 1.82) is 0 Å². The number of benzene rings is 1. The highest BCUT2D eigenvalue weighted by Gasteiger charge is 2.40. The highest BCUT2D eigenvalue weighted by Crippen LogP contribution is 2.41. The van der Waals surface area contributed by atoms with Crippen LogP contribution in [-0.4, -0.2) is 23.5 Å². The van der Waals surface area contributed by atoms with E-state index < -0.39 is 32.6 Å². The predicted octanol–water partition coefficient (Wildman–Crippen LogP) is 5.03. The number of aliphatic hydroxyl groups excluding tert-OH is 1. The maximum absolute atomic E-state index is 13.7. The van der Waals surface area contributed by atoms with Crippen LogP contribution in [0.25, 0.3) is 11.0 Å². The summed E-state index contributed by atoms with van der Waals surface area (Å²) in [6.45, 7) is 0. The second-order valence-electron chi connectivity index (χ2n) is 7.70. The van der Waals surface area contributed by atoms with Crippen LogP contribution in [0.15, 0.2) is 52.4 Å². The number of aromatic amines is 1. The molecule has 0 radical (unpaired) electrons. The Kier molecular flexibility index (Phi) is 5.36. The average molecular weight is 438 g/mol. The van der Waals surface area contributed by atoms with Crippen LogP contribution in [0.1, 0.15) is 49.5 Å². The fraction of sp³-hybridized carbons (Fsp3) is 0.381. The standard InChI is InChI=1S/C21H21F3N2O3S/c22-21(23,24)16-12-25-20-15(19(16)30(28,29)14-8-2-1-3-9-14)11-17(26-20)18(27)10-13-6-4-5-7-13/h1-3,8-9,11-13,18,27H,4-7,10H2,(H,25,26). The second-order valence-corrected chi connectivity index (χ2v) is 9.59. The Labute approximate surface area is 171 Å². The summed E-state index contributed by atoms with van der Waals surface area (Å²) < 4.78 is 67.4. The van der Waals surface area contributed by atoms with Crippen LogP contribution in [-0.2, 0) is 16.0 Å². The Bertz CT molecular complexity index is 1150. The number of sulfone groups is 1. The summed E-state index contributed by atoms with van der Waals surface area (Å²) >= 11 is 0. The van der Waals surface area contributed by atoms with Crippen molar-refractivity contribution in [3.63, 3.8) is 0 Å². The van der Waals surface area contributed by atoms with Crippen molar-refractivity contribution < 1.29 is 26.7 Å². The van der Waals surface area contributed by atoms with E-state index in [1.54, 1.807) is 6.07 Å². The maximum Gasteiger partial charge on any atom is 0.419 e. The van der Waals surface area contributed by atoms with Crippen molar-refractivity contribution in [1.82, 2.24) is 9.97 Å². The zero-order valence-electron chi connectivity index (χ0n) is 16.0. The number of alkyl halides is 3. The van der Waals surface area contributed by atoms with Gasteiger partial charge in [-0.3, -0.25) is 0 Å². The van der Waals surface area contributed by atoms with E-state index in [0.717, 1.165) is 25.7 Å². The summed E-state index contributed by atoms with van der Waals surface area (Å²) in [4.78, 5) is 5.53. The summed E-state index contributed by atoms with van der Waals surface area (Å²) in [5.74, 6) is 0.345. The zero-order valence-corrected chi connectivity index (χ0v) is 16.8. The molecule has 1 aliphatic rings. The normalized spacial score (nSPS) is 16.9. The highest BCUT2D eigenvalue weighted by atomic mass is 32.2. The number of fused-ring (bicyclic) bond motifs is 1. The second kappa shape index (κ2) is 7.70. The van der Waals surface area contributed by atoms with E-state index in [1.807, 2.05) is 0 Å². The fourth-order valence-corrected chi connectivity index (χ4v) is 5.80. The van der Waals surface area contributed by atoms with Gasteiger partial charge in [0.2, 0.25) is 9.84 Å². The summed E-state index contributed by atoms with van der Waals surface area (Å²) in [5.41, 5.74) is -1.05. The topological polar surface area (TPSA) is 83.0 Å². The van der Waals surface area contributed by atoms with Gasteiger partial charge in [-0.15, -0.1) is 0 Å². The molecule has 2 aromatic heterocycles. The molecule has 1 saturated carbocycles. The smallest absolute Gasteiger partial charge is 0.387 e. The van der Waals surface area contributed by atoms with Crippen molar-refractivity contribution in [2.75, 3.05) is 0 Å². The number of aliphatic hydroxyl groups is 1. The first-order valence-electron chi connectivity index (χ1n) is 9.75. The Hall–Kier alpha value is -2.39. The largest absolute Gasteiger partial charge is 0.419 e. The molecule has 4 rings (SSSR count). The molecule has 0 spiro atoms. The van der Waals surface area contributed by atoms with E-state index >= 15 is 0 Å². The zero-order chi connectivity index (χ0) is 21.5. The van der Waals surface area contributed by atoms with Crippen molar-refractivity contribution in [2.45, 2.75) is 54.2 Å². The first kappa shape index (κ1) is 20.9. The number of hydrogen-bond donors (Lipinski definition) is 2. The van der Waals surface area contributed by atoms with Gasteiger partial charge in [0.1, 0.15) is 5.65 Å². The van der Waals surface area contributed by atoms with Crippen LogP contribution < -0.4 is 0 Å². The molecule has 30 heavy (non-hydrogen) atoms. The Morgan fingerprint density at radius 1 is 1.17 bits per heavy atom. The lowest BCUT2D eigenvalue weighted by Gasteiger charge is -2.14. The molecule has 1 fully saturated rings. The summed E-state index contributed by atoms with van der Waals surface area (Å²) in [6, 6.07) is 8.28. The molecule has 160 valence electrons. The minimum absolute atomic E-state index is 0.00187. The van der Waals surface area contributed by atoms with Gasteiger partial charge in [0.25, 0.3) is 0 Å². The van der Waals surface area contributed by atoms with Crippen LogP contribution in [0.4, 0.5) is 13.2 Å². The van der Waals surface area contributed by atoms with Gasteiger partial charge < -0.3 is 10.1 Å². The molecule has 1 aliphatic carbocycles. The Balaban J connectivity index is 1.86. The van der Waals surface area contributed by atoms with E-state index in [0.29, 0.717) is 18.5 Å². The molecule has 0 aliphatic heterocycles. The molecule has 1 unspecified atom stereocenters. The van der Waals surface area contributed by atoms with Gasteiger partial charge in [0.15, 0.2) is 0 Å². The number of rotatable bonds is 5. The molecule has 1 atom stereocenters. The van der Waals surface area contributed by atoms with Gasteiger partial charge >= 0.3 is 6.18 Å². The molecular weight excluding hydrogens is 417 g/mol. The monoisotopic (exact) mass is 438 g/mol. The number of nitrogens with zero attached hydrogens (tertiary/aromatic N) is 1. The molecule has 5 nitrogen and oxygen atoms in total. The fourth-order valence-electron chi connectivity index (χ4n) is 4.15. The van der Waals surface area contributed by atoms with E-state index in [1.165, 1.54) is 30.3 Å². The average Bonchev–Trinajstić information content (AvgIpc) is 3.36. The van der Waals surface area contributed by atoms with Gasteiger partial charge in [0.05, 0.1) is 21.5 Å². The summed E-state index contributed by atoms with van der Waals surface area (Å²) in [6.07, 6.45) is -0.633. The van der Waals surface area contributed by atoms with Crippen molar-refractivity contribution in [3.05, 3.63) is 53.9 Å². The lowest BCUT2D eigenvalue weighted by Crippen LogP contribution is -2.14. The third kappa shape index (κ3) is 3.83. The van der Waals surface area contributed by atoms with Crippen molar-refractivity contribution >= 4 is 20.9 Å². The Morgan fingerprint density at radius 3 is 2.47 bits per heavy atom.